The van der Waals surface area contributed by atoms with Gasteiger partial charge in [0.1, 0.15) is 11.6 Å². The van der Waals surface area contributed by atoms with E-state index >= 15 is 0 Å². The van der Waals surface area contributed by atoms with E-state index in [2.05, 4.69) is 10.6 Å². The number of nitrogens with zero attached hydrogens (tertiary/aromatic N) is 3. The van der Waals surface area contributed by atoms with E-state index in [1.807, 2.05) is 41.3 Å². The van der Waals surface area contributed by atoms with Gasteiger partial charge in [-0.3, -0.25) is 9.59 Å². The van der Waals surface area contributed by atoms with Crippen LogP contribution in [0.25, 0.3) is 0 Å². The van der Waals surface area contributed by atoms with Crippen LogP contribution in [0.4, 0.5) is 13.6 Å². The summed E-state index contributed by atoms with van der Waals surface area (Å²) in [5, 5.41) is 14.1. The van der Waals surface area contributed by atoms with E-state index < -0.39 is 41.3 Å². The zero-order valence-electron chi connectivity index (χ0n) is 19.9. The Morgan fingerprint density at radius 3 is 2.31 bits per heavy atom. The first-order valence-electron chi connectivity index (χ1n) is 12.0. The summed E-state index contributed by atoms with van der Waals surface area (Å²) in [6, 6.07) is 9.70. The first kappa shape index (κ1) is 24.9. The first-order chi connectivity index (χ1) is 16.5. The molecule has 4 rings (SSSR count). The third-order valence-electron chi connectivity index (χ3n) is 7.33. The van der Waals surface area contributed by atoms with Crippen molar-refractivity contribution in [1.29, 1.82) is 5.26 Å². The number of rotatable bonds is 7. The summed E-state index contributed by atoms with van der Waals surface area (Å²) in [6.45, 7) is 2.51. The highest BCUT2D eigenvalue weighted by Crippen LogP contribution is 2.42. The molecule has 1 spiro atoms. The van der Waals surface area contributed by atoms with Crippen molar-refractivity contribution in [1.82, 2.24) is 20.4 Å². The van der Waals surface area contributed by atoms with Crippen LogP contribution in [0.1, 0.15) is 51.0 Å². The summed E-state index contributed by atoms with van der Waals surface area (Å²) in [6.07, 6.45) is 1.75. The average molecular weight is 488 g/mol. The van der Waals surface area contributed by atoms with E-state index in [1.165, 1.54) is 4.90 Å². The second kappa shape index (κ2) is 9.44. The minimum absolute atomic E-state index is 0.0931. The zero-order chi connectivity index (χ0) is 25.3. The highest BCUT2D eigenvalue weighted by molar-refractivity contribution is 5.89. The lowest BCUT2D eigenvalue weighted by atomic mass is 9.77. The van der Waals surface area contributed by atoms with Crippen LogP contribution in [0.15, 0.2) is 30.3 Å². The number of benzene rings is 1. The van der Waals surface area contributed by atoms with Crippen molar-refractivity contribution in [3.05, 3.63) is 35.9 Å². The standard InChI is InChI=1S/C25H31F2N5O3/c1-23(26,27)15-19(20(33)30-25(17-28)7-8-25)29-22(35)31-12-9-24(10-13-31)11-14-32(21(24)34)16-18-5-3-2-4-6-18/h2-6,19H,7-16H2,1H3,(H,29,35)(H,30,33). The van der Waals surface area contributed by atoms with Gasteiger partial charge in [0.15, 0.2) is 0 Å². The van der Waals surface area contributed by atoms with Crippen LogP contribution in [0.3, 0.4) is 0 Å². The first-order valence-corrected chi connectivity index (χ1v) is 12.0. The molecule has 2 heterocycles. The van der Waals surface area contributed by atoms with Gasteiger partial charge in [-0.15, -0.1) is 0 Å². The Bertz CT molecular complexity index is 1010. The van der Waals surface area contributed by atoms with E-state index in [1.54, 1.807) is 0 Å². The van der Waals surface area contributed by atoms with Gasteiger partial charge in [0.2, 0.25) is 17.7 Å². The Balaban J connectivity index is 1.34. The Hall–Kier alpha value is -3.22. The average Bonchev–Trinajstić information content (AvgIpc) is 3.54. The molecule has 1 unspecified atom stereocenters. The molecule has 2 N–H and O–H groups in total. The molecule has 8 nitrogen and oxygen atoms in total. The topological polar surface area (TPSA) is 106 Å². The van der Waals surface area contributed by atoms with Gasteiger partial charge in [0, 0.05) is 32.6 Å². The Morgan fingerprint density at radius 1 is 1.11 bits per heavy atom. The number of hydrogen-bond donors (Lipinski definition) is 2. The van der Waals surface area contributed by atoms with E-state index in [4.69, 9.17) is 0 Å². The molecule has 1 atom stereocenters. The van der Waals surface area contributed by atoms with Crippen LogP contribution in [-0.4, -0.2) is 64.8 Å². The van der Waals surface area contributed by atoms with Crippen LogP contribution < -0.4 is 10.6 Å². The van der Waals surface area contributed by atoms with Crippen molar-refractivity contribution in [2.24, 2.45) is 5.41 Å². The molecule has 0 aromatic heterocycles. The molecule has 2 saturated heterocycles. The second-order valence-corrected chi connectivity index (χ2v) is 10.2. The number of nitrogens with one attached hydrogen (secondary N) is 2. The summed E-state index contributed by atoms with van der Waals surface area (Å²) in [4.78, 5) is 42.0. The maximum absolute atomic E-state index is 13.7. The number of alkyl halides is 2. The predicted molar refractivity (Wildman–Crippen MR) is 123 cm³/mol. The SMILES string of the molecule is CC(F)(F)CC(NC(=O)N1CCC2(CC1)CCN(Cc1ccccc1)C2=O)C(=O)NC1(C#N)CC1. The number of urea groups is 1. The van der Waals surface area contributed by atoms with Gasteiger partial charge in [-0.25, -0.2) is 13.6 Å². The van der Waals surface area contributed by atoms with Gasteiger partial charge < -0.3 is 20.4 Å². The number of hydrogen-bond acceptors (Lipinski definition) is 4. The molecule has 3 aliphatic rings. The zero-order valence-corrected chi connectivity index (χ0v) is 19.9. The summed E-state index contributed by atoms with van der Waals surface area (Å²) in [5.74, 6) is -3.87. The summed E-state index contributed by atoms with van der Waals surface area (Å²) >= 11 is 0. The molecule has 1 aliphatic carbocycles. The van der Waals surface area contributed by atoms with Gasteiger partial charge in [0.05, 0.1) is 11.5 Å². The number of nitriles is 1. The van der Waals surface area contributed by atoms with Crippen molar-refractivity contribution >= 4 is 17.8 Å². The highest BCUT2D eigenvalue weighted by Gasteiger charge is 2.49. The molecule has 1 saturated carbocycles. The summed E-state index contributed by atoms with van der Waals surface area (Å²) in [7, 11) is 0. The van der Waals surface area contributed by atoms with Crippen LogP contribution in [-0.2, 0) is 16.1 Å². The van der Waals surface area contributed by atoms with Crippen LogP contribution >= 0.6 is 0 Å². The minimum atomic E-state index is -3.18. The molecule has 1 aromatic rings. The lowest BCUT2D eigenvalue weighted by Gasteiger charge is -2.38. The van der Waals surface area contributed by atoms with E-state index in [0.717, 1.165) is 12.0 Å². The second-order valence-electron chi connectivity index (χ2n) is 10.2. The normalized spacial score (nSPS) is 21.4. The van der Waals surface area contributed by atoms with Crippen molar-refractivity contribution in [2.45, 2.75) is 69.5 Å². The molecular weight excluding hydrogens is 456 g/mol. The molecule has 35 heavy (non-hydrogen) atoms. The molecule has 0 radical (unpaired) electrons. The van der Waals surface area contributed by atoms with Crippen LogP contribution in [0.2, 0.25) is 0 Å². The molecule has 188 valence electrons. The molecule has 4 amide bonds. The van der Waals surface area contributed by atoms with E-state index in [0.29, 0.717) is 58.8 Å². The van der Waals surface area contributed by atoms with Gasteiger partial charge >= 0.3 is 6.03 Å². The van der Waals surface area contributed by atoms with Gasteiger partial charge in [-0.1, -0.05) is 30.3 Å². The lowest BCUT2D eigenvalue weighted by Crippen LogP contribution is -2.56. The fourth-order valence-electron chi connectivity index (χ4n) is 4.97. The number of carbonyl (C=O) groups excluding carboxylic acids is 3. The maximum Gasteiger partial charge on any atom is 0.318 e. The van der Waals surface area contributed by atoms with Crippen molar-refractivity contribution in [3.8, 4) is 6.07 Å². The maximum atomic E-state index is 13.7. The summed E-state index contributed by atoms with van der Waals surface area (Å²) in [5.41, 5.74) is -0.463. The third kappa shape index (κ3) is 5.72. The van der Waals surface area contributed by atoms with Gasteiger partial charge in [-0.2, -0.15) is 5.26 Å². The molecule has 10 heteroatoms. The fraction of sp³-hybridized carbons (Fsp3) is 0.600. The van der Waals surface area contributed by atoms with E-state index in [9.17, 15) is 28.4 Å². The third-order valence-corrected chi connectivity index (χ3v) is 7.33. The Morgan fingerprint density at radius 2 is 1.74 bits per heavy atom. The number of piperidine rings is 1. The molecule has 2 aliphatic heterocycles. The number of halogens is 2. The molecular formula is C25H31F2N5O3. The Labute approximate surface area is 203 Å². The van der Waals surface area contributed by atoms with Gasteiger partial charge in [0.25, 0.3) is 0 Å². The van der Waals surface area contributed by atoms with Crippen molar-refractivity contribution in [2.75, 3.05) is 19.6 Å². The van der Waals surface area contributed by atoms with E-state index in [-0.39, 0.29) is 5.91 Å². The molecule has 0 bridgehead atoms. The predicted octanol–water partition coefficient (Wildman–Crippen LogP) is 2.80. The van der Waals surface area contributed by atoms with Crippen LogP contribution in [0, 0.1) is 16.7 Å². The largest absolute Gasteiger partial charge is 0.338 e. The van der Waals surface area contributed by atoms with Crippen molar-refractivity contribution in [3.63, 3.8) is 0 Å². The van der Waals surface area contributed by atoms with Gasteiger partial charge in [-0.05, 0) is 44.6 Å². The molecule has 1 aromatic carbocycles. The Kier molecular flexibility index (Phi) is 6.71. The highest BCUT2D eigenvalue weighted by atomic mass is 19.3. The quantitative estimate of drug-likeness (QED) is 0.617. The number of amides is 4. The van der Waals surface area contributed by atoms with Crippen LogP contribution in [0.5, 0.6) is 0 Å². The number of carbonyl (C=O) groups is 3. The van der Waals surface area contributed by atoms with Crippen molar-refractivity contribution < 1.29 is 23.2 Å². The number of likely N-dealkylation sites (tertiary alicyclic amines) is 2. The summed E-state index contributed by atoms with van der Waals surface area (Å²) < 4.78 is 27.5. The fourth-order valence-corrected chi connectivity index (χ4v) is 4.97. The minimum Gasteiger partial charge on any atom is -0.338 e. The lowest BCUT2D eigenvalue weighted by molar-refractivity contribution is -0.138. The smallest absolute Gasteiger partial charge is 0.318 e. The molecule has 3 fully saturated rings. The monoisotopic (exact) mass is 487 g/mol.